The van der Waals surface area contributed by atoms with Crippen LogP contribution < -0.4 is 10.9 Å². The van der Waals surface area contributed by atoms with E-state index in [2.05, 4.69) is 20.3 Å². The fraction of sp³-hybridized carbons (Fsp3) is 0.400. The molecular formula is C15H18N4O. The van der Waals surface area contributed by atoms with Gasteiger partial charge in [-0.3, -0.25) is 4.79 Å². The normalized spacial score (nSPS) is 14.3. The first-order valence-corrected chi connectivity index (χ1v) is 6.91. The lowest BCUT2D eigenvalue weighted by atomic mass is 10.2. The maximum Gasteiger partial charge on any atom is 0.254 e. The summed E-state index contributed by atoms with van der Waals surface area (Å²) in [4.78, 5) is 23.3. The number of anilines is 1. The summed E-state index contributed by atoms with van der Waals surface area (Å²) in [7, 11) is 0. The third-order valence-electron chi connectivity index (χ3n) is 3.70. The van der Waals surface area contributed by atoms with E-state index in [4.69, 9.17) is 0 Å². The number of pyridine rings is 1. The van der Waals surface area contributed by atoms with Gasteiger partial charge in [-0.1, -0.05) is 0 Å². The van der Waals surface area contributed by atoms with E-state index in [-0.39, 0.29) is 5.56 Å². The van der Waals surface area contributed by atoms with Crippen LogP contribution in [0.1, 0.15) is 24.1 Å². The number of nitrogens with zero attached hydrogens (tertiary/aromatic N) is 2. The van der Waals surface area contributed by atoms with Gasteiger partial charge < -0.3 is 10.3 Å². The summed E-state index contributed by atoms with van der Waals surface area (Å²) in [5, 5.41) is 3.31. The van der Waals surface area contributed by atoms with Gasteiger partial charge in [-0.15, -0.1) is 0 Å². The third kappa shape index (κ3) is 2.71. The lowest BCUT2D eigenvalue weighted by molar-refractivity contribution is 0.883. The highest BCUT2D eigenvalue weighted by molar-refractivity contribution is 5.56. The molecule has 2 heterocycles. The van der Waals surface area contributed by atoms with Gasteiger partial charge >= 0.3 is 0 Å². The Bertz CT molecular complexity index is 671. The Morgan fingerprint density at radius 2 is 2.15 bits per heavy atom. The monoisotopic (exact) mass is 270 g/mol. The summed E-state index contributed by atoms with van der Waals surface area (Å²) < 4.78 is 0. The van der Waals surface area contributed by atoms with E-state index in [0.29, 0.717) is 11.4 Å². The maximum absolute atomic E-state index is 11.8. The molecule has 1 aliphatic carbocycles. The molecule has 0 radical (unpaired) electrons. The van der Waals surface area contributed by atoms with Crippen molar-refractivity contribution in [2.45, 2.75) is 26.7 Å². The highest BCUT2D eigenvalue weighted by Crippen LogP contribution is 2.28. The number of aromatic nitrogens is 3. The lowest BCUT2D eigenvalue weighted by Gasteiger charge is -2.06. The zero-order valence-corrected chi connectivity index (χ0v) is 11.7. The second-order valence-corrected chi connectivity index (χ2v) is 5.38. The molecule has 104 valence electrons. The predicted molar refractivity (Wildman–Crippen MR) is 78.8 cm³/mol. The van der Waals surface area contributed by atoms with Crippen LogP contribution in [0.2, 0.25) is 0 Å². The van der Waals surface area contributed by atoms with Crippen molar-refractivity contribution >= 4 is 5.82 Å². The molecule has 3 rings (SSSR count). The van der Waals surface area contributed by atoms with Crippen LogP contribution in [0, 0.1) is 19.8 Å². The Kier molecular flexibility index (Phi) is 3.26. The second kappa shape index (κ2) is 5.07. The van der Waals surface area contributed by atoms with Crippen molar-refractivity contribution in [3.63, 3.8) is 0 Å². The van der Waals surface area contributed by atoms with Crippen molar-refractivity contribution in [2.24, 2.45) is 5.92 Å². The Labute approximate surface area is 117 Å². The predicted octanol–water partition coefficient (Wildman–Crippen LogP) is 2.27. The molecule has 0 atom stereocenters. The summed E-state index contributed by atoms with van der Waals surface area (Å²) in [5.74, 6) is 2.25. The van der Waals surface area contributed by atoms with E-state index in [1.807, 2.05) is 19.1 Å². The number of aryl methyl sites for hydroxylation is 1. The minimum atomic E-state index is -0.0940. The number of hydrogen-bond donors (Lipinski definition) is 2. The van der Waals surface area contributed by atoms with Crippen molar-refractivity contribution < 1.29 is 0 Å². The zero-order valence-electron chi connectivity index (χ0n) is 11.7. The number of H-pyrrole nitrogens is 1. The van der Waals surface area contributed by atoms with Crippen LogP contribution in [0.5, 0.6) is 0 Å². The average Bonchev–Trinajstić information content (AvgIpc) is 3.27. The van der Waals surface area contributed by atoms with Gasteiger partial charge in [0.25, 0.3) is 5.56 Å². The topological polar surface area (TPSA) is 70.7 Å². The molecule has 2 aromatic rings. The van der Waals surface area contributed by atoms with E-state index in [9.17, 15) is 4.79 Å². The van der Waals surface area contributed by atoms with Gasteiger partial charge in [-0.25, -0.2) is 9.97 Å². The standard InChI is InChI=1S/C15H18N4O/c1-9-10(2)18-14(19-15(9)20)12-5-6-13(17-8-12)16-7-11-3-4-11/h5-6,8,11H,3-4,7H2,1-2H3,(H,16,17)(H,18,19,20). The first kappa shape index (κ1) is 12.8. The average molecular weight is 270 g/mol. The molecule has 0 aliphatic heterocycles. The smallest absolute Gasteiger partial charge is 0.254 e. The van der Waals surface area contributed by atoms with Crippen LogP contribution in [0.3, 0.4) is 0 Å². The summed E-state index contributed by atoms with van der Waals surface area (Å²) in [6, 6.07) is 3.85. The molecule has 0 unspecified atom stereocenters. The third-order valence-corrected chi connectivity index (χ3v) is 3.70. The van der Waals surface area contributed by atoms with E-state index in [0.717, 1.165) is 29.5 Å². The molecule has 1 aliphatic rings. The van der Waals surface area contributed by atoms with Gasteiger partial charge in [0.05, 0.1) is 0 Å². The lowest BCUT2D eigenvalue weighted by Crippen LogP contribution is -2.14. The number of hydrogen-bond acceptors (Lipinski definition) is 4. The van der Waals surface area contributed by atoms with Gasteiger partial charge in [0.2, 0.25) is 0 Å². The maximum atomic E-state index is 11.8. The van der Waals surface area contributed by atoms with Crippen LogP contribution in [-0.4, -0.2) is 21.5 Å². The molecule has 1 saturated carbocycles. The first-order chi connectivity index (χ1) is 9.63. The Balaban J connectivity index is 1.81. The molecule has 0 saturated heterocycles. The molecular weight excluding hydrogens is 252 g/mol. The van der Waals surface area contributed by atoms with Crippen molar-refractivity contribution in [3.8, 4) is 11.4 Å². The van der Waals surface area contributed by atoms with E-state index in [1.54, 1.807) is 13.1 Å². The fourth-order valence-corrected chi connectivity index (χ4v) is 1.99. The van der Waals surface area contributed by atoms with Crippen LogP contribution in [-0.2, 0) is 0 Å². The van der Waals surface area contributed by atoms with Crippen LogP contribution >= 0.6 is 0 Å². The minimum absolute atomic E-state index is 0.0940. The SMILES string of the molecule is Cc1nc(-c2ccc(NCC3CC3)nc2)[nH]c(=O)c1C. The Morgan fingerprint density at radius 3 is 2.75 bits per heavy atom. The van der Waals surface area contributed by atoms with Crippen molar-refractivity contribution in [1.82, 2.24) is 15.0 Å². The Hall–Kier alpha value is -2.17. The molecule has 1 fully saturated rings. The van der Waals surface area contributed by atoms with Crippen molar-refractivity contribution in [1.29, 1.82) is 0 Å². The fourth-order valence-electron chi connectivity index (χ4n) is 1.99. The van der Waals surface area contributed by atoms with E-state index in [1.165, 1.54) is 12.8 Å². The molecule has 0 bridgehead atoms. The highest BCUT2D eigenvalue weighted by Gasteiger charge is 2.20. The summed E-state index contributed by atoms with van der Waals surface area (Å²) in [6.07, 6.45) is 4.38. The van der Waals surface area contributed by atoms with Crippen LogP contribution in [0.15, 0.2) is 23.1 Å². The number of aromatic amines is 1. The summed E-state index contributed by atoms with van der Waals surface area (Å²) in [6.45, 7) is 4.60. The molecule has 5 nitrogen and oxygen atoms in total. The van der Waals surface area contributed by atoms with Gasteiger partial charge in [-0.05, 0) is 44.7 Å². The number of rotatable bonds is 4. The van der Waals surface area contributed by atoms with Crippen LogP contribution in [0.25, 0.3) is 11.4 Å². The summed E-state index contributed by atoms with van der Waals surface area (Å²) >= 11 is 0. The molecule has 20 heavy (non-hydrogen) atoms. The van der Waals surface area contributed by atoms with Gasteiger partial charge in [0.1, 0.15) is 11.6 Å². The van der Waals surface area contributed by atoms with Gasteiger partial charge in [-0.2, -0.15) is 0 Å². The summed E-state index contributed by atoms with van der Waals surface area (Å²) in [5.41, 5.74) is 2.13. The molecule has 0 amide bonds. The molecule has 2 N–H and O–H groups in total. The second-order valence-electron chi connectivity index (χ2n) is 5.38. The van der Waals surface area contributed by atoms with Crippen molar-refractivity contribution in [2.75, 3.05) is 11.9 Å². The van der Waals surface area contributed by atoms with Gasteiger partial charge in [0, 0.05) is 29.6 Å². The highest BCUT2D eigenvalue weighted by atomic mass is 16.1. The van der Waals surface area contributed by atoms with Crippen LogP contribution in [0.4, 0.5) is 5.82 Å². The molecule has 5 heteroatoms. The zero-order chi connectivity index (χ0) is 14.1. The minimum Gasteiger partial charge on any atom is -0.370 e. The molecule has 0 spiro atoms. The largest absolute Gasteiger partial charge is 0.370 e. The molecule has 2 aromatic heterocycles. The van der Waals surface area contributed by atoms with Crippen molar-refractivity contribution in [3.05, 3.63) is 39.9 Å². The molecule has 0 aromatic carbocycles. The Morgan fingerprint density at radius 1 is 1.35 bits per heavy atom. The number of nitrogens with one attached hydrogen (secondary N) is 2. The van der Waals surface area contributed by atoms with E-state index >= 15 is 0 Å². The quantitative estimate of drug-likeness (QED) is 0.894. The van der Waals surface area contributed by atoms with E-state index < -0.39 is 0 Å². The first-order valence-electron chi connectivity index (χ1n) is 6.91. The van der Waals surface area contributed by atoms with Gasteiger partial charge in [0.15, 0.2) is 0 Å².